The Balaban J connectivity index is 2.47. The van der Waals surface area contributed by atoms with Gasteiger partial charge in [0.2, 0.25) is 5.91 Å². The molecule has 116 valence electrons. The Bertz CT molecular complexity index is 683. The van der Waals surface area contributed by atoms with Crippen LogP contribution in [0.4, 0.5) is 13.2 Å². The summed E-state index contributed by atoms with van der Waals surface area (Å²) in [6, 6.07) is 11.1. The monoisotopic (exact) mass is 308 g/mol. The van der Waals surface area contributed by atoms with Crippen molar-refractivity contribution in [1.82, 2.24) is 0 Å². The quantitative estimate of drug-likeness (QED) is 0.910. The van der Waals surface area contributed by atoms with E-state index in [1.165, 1.54) is 6.07 Å². The van der Waals surface area contributed by atoms with E-state index in [2.05, 4.69) is 0 Å². The van der Waals surface area contributed by atoms with Crippen LogP contribution in [0.5, 0.6) is 0 Å². The van der Waals surface area contributed by atoms with Crippen molar-refractivity contribution in [3.05, 3.63) is 59.7 Å². The fraction of sp³-hybridized carbons (Fsp3) is 0.188. The molecule has 2 rings (SSSR count). The van der Waals surface area contributed by atoms with Gasteiger partial charge in [-0.15, -0.1) is 0 Å². The van der Waals surface area contributed by atoms with E-state index in [1.807, 2.05) is 0 Å². The average Bonchev–Trinajstić information content (AvgIpc) is 2.46. The first-order valence-electron chi connectivity index (χ1n) is 6.59. The summed E-state index contributed by atoms with van der Waals surface area (Å²) in [5, 5.41) is 0. The molecule has 0 saturated heterocycles. The maximum atomic E-state index is 12.8. The van der Waals surface area contributed by atoms with Gasteiger partial charge in [-0.3, -0.25) is 4.79 Å². The molecule has 0 radical (unpaired) electrons. The molecule has 0 fully saturated rings. The van der Waals surface area contributed by atoms with E-state index in [4.69, 9.17) is 11.5 Å². The second-order valence-electron chi connectivity index (χ2n) is 4.94. The topological polar surface area (TPSA) is 69.1 Å². The largest absolute Gasteiger partial charge is 0.416 e. The zero-order chi connectivity index (χ0) is 16.3. The van der Waals surface area contributed by atoms with Crippen LogP contribution in [0.3, 0.4) is 0 Å². The van der Waals surface area contributed by atoms with Crippen LogP contribution < -0.4 is 11.5 Å². The second-order valence-corrected chi connectivity index (χ2v) is 4.94. The van der Waals surface area contributed by atoms with Gasteiger partial charge in [-0.1, -0.05) is 36.4 Å². The number of nitrogens with two attached hydrogens (primary N) is 2. The molecule has 0 aliphatic heterocycles. The summed E-state index contributed by atoms with van der Waals surface area (Å²) in [5.41, 5.74) is 11.9. The van der Waals surface area contributed by atoms with Gasteiger partial charge >= 0.3 is 6.18 Å². The van der Waals surface area contributed by atoms with E-state index in [-0.39, 0.29) is 6.42 Å². The van der Waals surface area contributed by atoms with Crippen LogP contribution in [0.15, 0.2) is 48.5 Å². The van der Waals surface area contributed by atoms with E-state index in [9.17, 15) is 18.0 Å². The molecule has 1 atom stereocenters. The van der Waals surface area contributed by atoms with Crippen LogP contribution >= 0.6 is 0 Å². The second kappa shape index (κ2) is 6.19. The first-order chi connectivity index (χ1) is 10.3. The Hall–Kier alpha value is -2.34. The van der Waals surface area contributed by atoms with Crippen molar-refractivity contribution in [3.63, 3.8) is 0 Å². The van der Waals surface area contributed by atoms with Crippen LogP contribution in [0.1, 0.15) is 23.6 Å². The highest BCUT2D eigenvalue weighted by atomic mass is 19.4. The van der Waals surface area contributed by atoms with Crippen LogP contribution in [0.2, 0.25) is 0 Å². The highest BCUT2D eigenvalue weighted by molar-refractivity contribution is 5.76. The fourth-order valence-corrected chi connectivity index (χ4v) is 2.27. The van der Waals surface area contributed by atoms with Gasteiger partial charge in [0.1, 0.15) is 0 Å². The molecule has 2 aromatic carbocycles. The summed E-state index contributed by atoms with van der Waals surface area (Å²) in [5.74, 6) is -0.564. The molecule has 6 heteroatoms. The molecular formula is C16H15F3N2O. The molecule has 0 heterocycles. The summed E-state index contributed by atoms with van der Waals surface area (Å²) < 4.78 is 38.5. The minimum absolute atomic E-state index is 0.0734. The zero-order valence-corrected chi connectivity index (χ0v) is 11.6. The Labute approximate surface area is 125 Å². The first-order valence-corrected chi connectivity index (χ1v) is 6.59. The number of hydrogen-bond donors (Lipinski definition) is 2. The Morgan fingerprint density at radius 1 is 1.09 bits per heavy atom. The standard InChI is InChI=1S/C16H15F3N2O/c17-16(18,19)11-5-3-4-10(8-11)12-6-1-2-7-13(12)14(20)9-15(21)22/h1-8,14H,9,20H2,(H2,21,22). The van der Waals surface area contributed by atoms with Crippen molar-refractivity contribution in [2.75, 3.05) is 0 Å². The molecule has 0 saturated carbocycles. The first kappa shape index (κ1) is 16.0. The molecule has 1 amide bonds. The third-order valence-electron chi connectivity index (χ3n) is 3.28. The number of carbonyl (C=O) groups excluding carboxylic acids is 1. The Morgan fingerprint density at radius 3 is 2.41 bits per heavy atom. The predicted octanol–water partition coefficient (Wildman–Crippen LogP) is 3.25. The summed E-state index contributed by atoms with van der Waals surface area (Å²) in [7, 11) is 0. The van der Waals surface area contributed by atoms with Crippen LogP contribution in [0.25, 0.3) is 11.1 Å². The lowest BCUT2D eigenvalue weighted by atomic mass is 9.93. The van der Waals surface area contributed by atoms with E-state index < -0.39 is 23.7 Å². The highest BCUT2D eigenvalue weighted by Gasteiger charge is 2.30. The molecule has 3 nitrogen and oxygen atoms in total. The molecule has 0 aliphatic carbocycles. The Morgan fingerprint density at radius 2 is 1.77 bits per heavy atom. The van der Waals surface area contributed by atoms with Crippen LogP contribution in [-0.2, 0) is 11.0 Å². The molecule has 0 bridgehead atoms. The molecule has 22 heavy (non-hydrogen) atoms. The molecule has 0 aliphatic rings. The smallest absolute Gasteiger partial charge is 0.370 e. The lowest BCUT2D eigenvalue weighted by molar-refractivity contribution is -0.137. The third kappa shape index (κ3) is 3.65. The van der Waals surface area contributed by atoms with Gasteiger partial charge in [-0.05, 0) is 28.8 Å². The minimum atomic E-state index is -4.42. The minimum Gasteiger partial charge on any atom is -0.370 e. The summed E-state index contributed by atoms with van der Waals surface area (Å²) in [6.45, 7) is 0. The molecule has 0 spiro atoms. The number of hydrogen-bond acceptors (Lipinski definition) is 2. The SMILES string of the molecule is NC(=O)CC(N)c1ccccc1-c1cccc(C(F)(F)F)c1. The summed E-state index contributed by atoms with van der Waals surface area (Å²) in [6.07, 6.45) is -4.49. The van der Waals surface area contributed by atoms with Crippen LogP contribution in [0, 0.1) is 0 Å². The van der Waals surface area contributed by atoms with Gasteiger partial charge in [0.25, 0.3) is 0 Å². The maximum Gasteiger partial charge on any atom is 0.416 e. The number of amides is 1. The zero-order valence-electron chi connectivity index (χ0n) is 11.6. The molecular weight excluding hydrogens is 293 g/mol. The average molecular weight is 308 g/mol. The van der Waals surface area contributed by atoms with Gasteiger partial charge in [-0.2, -0.15) is 13.2 Å². The molecule has 0 aromatic heterocycles. The van der Waals surface area contributed by atoms with Crippen molar-refractivity contribution < 1.29 is 18.0 Å². The van der Waals surface area contributed by atoms with Crippen molar-refractivity contribution in [1.29, 1.82) is 0 Å². The van der Waals surface area contributed by atoms with Crippen molar-refractivity contribution in [2.24, 2.45) is 11.5 Å². The summed E-state index contributed by atoms with van der Waals surface area (Å²) >= 11 is 0. The predicted molar refractivity (Wildman–Crippen MR) is 77.6 cm³/mol. The number of alkyl halides is 3. The maximum absolute atomic E-state index is 12.8. The van der Waals surface area contributed by atoms with E-state index in [0.717, 1.165) is 12.1 Å². The lowest BCUT2D eigenvalue weighted by Gasteiger charge is -2.16. The highest BCUT2D eigenvalue weighted by Crippen LogP contribution is 2.34. The van der Waals surface area contributed by atoms with Crippen molar-refractivity contribution in [3.8, 4) is 11.1 Å². The van der Waals surface area contributed by atoms with Gasteiger partial charge in [0, 0.05) is 12.5 Å². The van der Waals surface area contributed by atoms with E-state index in [0.29, 0.717) is 16.7 Å². The van der Waals surface area contributed by atoms with E-state index >= 15 is 0 Å². The molecule has 1 unspecified atom stereocenters. The number of halogens is 3. The number of primary amides is 1. The number of carbonyl (C=O) groups is 1. The number of rotatable bonds is 4. The normalized spacial score (nSPS) is 12.9. The van der Waals surface area contributed by atoms with Gasteiger partial charge in [0.05, 0.1) is 5.56 Å². The third-order valence-corrected chi connectivity index (χ3v) is 3.28. The molecule has 2 aromatic rings. The number of benzene rings is 2. The van der Waals surface area contributed by atoms with Crippen LogP contribution in [-0.4, -0.2) is 5.91 Å². The van der Waals surface area contributed by atoms with Gasteiger partial charge in [0.15, 0.2) is 0 Å². The summed E-state index contributed by atoms with van der Waals surface area (Å²) in [4.78, 5) is 11.0. The molecule has 4 N–H and O–H groups in total. The van der Waals surface area contributed by atoms with Gasteiger partial charge in [-0.25, -0.2) is 0 Å². The lowest BCUT2D eigenvalue weighted by Crippen LogP contribution is -2.21. The Kier molecular flexibility index (Phi) is 4.51. The fourth-order valence-electron chi connectivity index (χ4n) is 2.27. The van der Waals surface area contributed by atoms with Gasteiger partial charge < -0.3 is 11.5 Å². The van der Waals surface area contributed by atoms with Crippen molar-refractivity contribution >= 4 is 5.91 Å². The van der Waals surface area contributed by atoms with Crippen molar-refractivity contribution in [2.45, 2.75) is 18.6 Å². The van der Waals surface area contributed by atoms with E-state index in [1.54, 1.807) is 30.3 Å².